The summed E-state index contributed by atoms with van der Waals surface area (Å²) in [6.07, 6.45) is 0. The molecule has 0 aliphatic heterocycles. The van der Waals surface area contributed by atoms with Crippen LogP contribution in [0.4, 0.5) is 0 Å². The number of hydrogen-bond acceptors (Lipinski definition) is 2. The Morgan fingerprint density at radius 3 is 1.33 bits per heavy atom. The summed E-state index contributed by atoms with van der Waals surface area (Å²) >= 11 is 0. The van der Waals surface area contributed by atoms with E-state index in [1.54, 1.807) is 6.92 Å². The van der Waals surface area contributed by atoms with E-state index in [1.165, 1.54) is 0 Å². The zero-order chi connectivity index (χ0) is 6.83. The van der Waals surface area contributed by atoms with Crippen LogP contribution in [0.1, 0.15) is 20.8 Å². The van der Waals surface area contributed by atoms with Crippen LogP contribution in [-0.4, -0.2) is 54.5 Å². The fourth-order valence-electron chi connectivity index (χ4n) is 0.204. The van der Waals surface area contributed by atoms with Gasteiger partial charge in [0.1, 0.15) is 0 Å². The van der Waals surface area contributed by atoms with Crippen molar-refractivity contribution < 1.29 is 9.84 Å². The summed E-state index contributed by atoms with van der Waals surface area (Å²) in [5.41, 5.74) is 0. The molecule has 1 N–H and O–H groups in total. The van der Waals surface area contributed by atoms with Crippen LogP contribution < -0.4 is 0 Å². The van der Waals surface area contributed by atoms with Crippen LogP contribution in [0.25, 0.3) is 0 Å². The Morgan fingerprint density at radius 1 is 1.11 bits per heavy atom. The van der Waals surface area contributed by atoms with Gasteiger partial charge in [0, 0.05) is 19.8 Å². The van der Waals surface area contributed by atoms with Gasteiger partial charge in [-0.1, -0.05) is 0 Å². The minimum atomic E-state index is 0. The molecule has 0 rings (SSSR count). The van der Waals surface area contributed by atoms with Gasteiger partial charge in [-0.15, -0.1) is 0 Å². The molecule has 0 aliphatic rings. The van der Waals surface area contributed by atoms with Crippen molar-refractivity contribution >= 4 is 29.6 Å². The van der Waals surface area contributed by atoms with Gasteiger partial charge in [-0.05, 0) is 20.8 Å². The Bertz CT molecular complexity index is 25.0. The number of ether oxygens (including phenoxy) is 1. The van der Waals surface area contributed by atoms with Crippen molar-refractivity contribution in [2.24, 2.45) is 0 Å². The van der Waals surface area contributed by atoms with Gasteiger partial charge in [0.05, 0.1) is 0 Å². The van der Waals surface area contributed by atoms with E-state index < -0.39 is 0 Å². The van der Waals surface area contributed by atoms with E-state index >= 15 is 0 Å². The molecular formula is C6H17NaO2. The van der Waals surface area contributed by atoms with Gasteiger partial charge >= 0.3 is 29.6 Å². The summed E-state index contributed by atoms with van der Waals surface area (Å²) in [4.78, 5) is 0. The third kappa shape index (κ3) is 50.1. The van der Waals surface area contributed by atoms with Crippen molar-refractivity contribution in [3.8, 4) is 0 Å². The Kier molecular flexibility index (Phi) is 42.3. The normalized spacial score (nSPS) is 6.67. The summed E-state index contributed by atoms with van der Waals surface area (Å²) in [5.74, 6) is 0. The molecule has 0 saturated heterocycles. The molecule has 0 aromatic carbocycles. The van der Waals surface area contributed by atoms with Crippen molar-refractivity contribution in [1.29, 1.82) is 0 Å². The topological polar surface area (TPSA) is 29.5 Å². The van der Waals surface area contributed by atoms with Crippen LogP contribution in [-0.2, 0) is 4.74 Å². The first-order chi connectivity index (χ1) is 3.83. The van der Waals surface area contributed by atoms with Crippen molar-refractivity contribution in [3.05, 3.63) is 0 Å². The maximum atomic E-state index is 7.57. The Balaban J connectivity index is -0.0000000800. The molecule has 0 fully saturated rings. The first-order valence-corrected chi connectivity index (χ1v) is 3.01. The number of rotatable bonds is 2. The summed E-state index contributed by atoms with van der Waals surface area (Å²) in [6, 6.07) is 0. The zero-order valence-corrected chi connectivity index (χ0v) is 5.98. The molecule has 3 heteroatoms. The van der Waals surface area contributed by atoms with Gasteiger partial charge in [-0.25, -0.2) is 0 Å². The molecule has 0 bridgehead atoms. The summed E-state index contributed by atoms with van der Waals surface area (Å²) in [5, 5.41) is 7.57. The van der Waals surface area contributed by atoms with Gasteiger partial charge < -0.3 is 9.84 Å². The molecular weight excluding hydrogens is 127 g/mol. The van der Waals surface area contributed by atoms with Gasteiger partial charge in [0.25, 0.3) is 0 Å². The first kappa shape index (κ1) is 16.5. The summed E-state index contributed by atoms with van der Waals surface area (Å²) < 4.78 is 4.83. The van der Waals surface area contributed by atoms with E-state index in [4.69, 9.17) is 9.84 Å². The molecule has 0 radical (unpaired) electrons. The molecule has 0 aromatic heterocycles. The molecule has 0 atom stereocenters. The molecule has 2 nitrogen and oxygen atoms in total. The first-order valence-electron chi connectivity index (χ1n) is 3.01. The number of aliphatic hydroxyl groups is 1. The molecule has 0 aromatic rings. The minimum absolute atomic E-state index is 0. The quantitative estimate of drug-likeness (QED) is 0.568. The Morgan fingerprint density at radius 2 is 1.33 bits per heavy atom. The molecule has 9 heavy (non-hydrogen) atoms. The fourth-order valence-corrected chi connectivity index (χ4v) is 0.204. The fraction of sp³-hybridized carbons (Fsp3) is 1.00. The van der Waals surface area contributed by atoms with E-state index in [9.17, 15) is 0 Å². The van der Waals surface area contributed by atoms with Crippen molar-refractivity contribution in [2.45, 2.75) is 20.8 Å². The summed E-state index contributed by atoms with van der Waals surface area (Å²) in [7, 11) is 0. The van der Waals surface area contributed by atoms with E-state index in [0.717, 1.165) is 13.2 Å². The van der Waals surface area contributed by atoms with Crippen molar-refractivity contribution in [1.82, 2.24) is 0 Å². The molecule has 0 aliphatic carbocycles. The summed E-state index contributed by atoms with van der Waals surface area (Å²) in [6.45, 7) is 7.60. The maximum absolute atomic E-state index is 7.57. The van der Waals surface area contributed by atoms with Crippen LogP contribution in [0.5, 0.6) is 0 Å². The third-order valence-electron chi connectivity index (χ3n) is 0.408. The average molecular weight is 144 g/mol. The van der Waals surface area contributed by atoms with Gasteiger partial charge in [-0.2, -0.15) is 0 Å². The van der Waals surface area contributed by atoms with Gasteiger partial charge in [-0.3, -0.25) is 0 Å². The predicted octanol–water partition coefficient (Wildman–Crippen LogP) is 0.393. The molecule has 54 valence electrons. The van der Waals surface area contributed by atoms with Gasteiger partial charge in [0.2, 0.25) is 0 Å². The van der Waals surface area contributed by atoms with E-state index in [-0.39, 0.29) is 36.2 Å². The standard InChI is InChI=1S/C4H10O.C2H6O.Na.H/c1-3-5-4-2;1-2-3;;/h3-4H2,1-2H3;3H,2H2,1H3;;. The van der Waals surface area contributed by atoms with Crippen LogP contribution in [0.3, 0.4) is 0 Å². The van der Waals surface area contributed by atoms with Crippen molar-refractivity contribution in [3.63, 3.8) is 0 Å². The average Bonchev–Trinajstić information content (AvgIpc) is 1.71. The van der Waals surface area contributed by atoms with Crippen LogP contribution in [0.2, 0.25) is 0 Å². The molecule has 0 saturated carbocycles. The molecule has 0 amide bonds. The van der Waals surface area contributed by atoms with E-state index in [2.05, 4.69) is 0 Å². The van der Waals surface area contributed by atoms with E-state index in [0.29, 0.717) is 0 Å². The second-order valence-corrected chi connectivity index (χ2v) is 1.10. The SMILES string of the molecule is CCO.CCOCC.[NaH]. The molecule has 0 unspecified atom stereocenters. The number of aliphatic hydroxyl groups excluding tert-OH is 1. The Hall–Kier alpha value is 0.920. The van der Waals surface area contributed by atoms with Crippen LogP contribution in [0, 0.1) is 0 Å². The number of hydrogen-bond donors (Lipinski definition) is 1. The van der Waals surface area contributed by atoms with Gasteiger partial charge in [0.15, 0.2) is 0 Å². The second kappa shape index (κ2) is 23.1. The second-order valence-electron chi connectivity index (χ2n) is 1.10. The zero-order valence-electron chi connectivity index (χ0n) is 5.98. The predicted molar refractivity (Wildman–Crippen MR) is 42.1 cm³/mol. The van der Waals surface area contributed by atoms with Crippen LogP contribution in [0.15, 0.2) is 0 Å². The monoisotopic (exact) mass is 144 g/mol. The van der Waals surface area contributed by atoms with Crippen LogP contribution >= 0.6 is 0 Å². The molecule has 0 heterocycles. The Labute approximate surface area is 79.9 Å². The van der Waals surface area contributed by atoms with E-state index in [1.807, 2.05) is 13.8 Å². The third-order valence-corrected chi connectivity index (χ3v) is 0.408. The van der Waals surface area contributed by atoms with Crippen molar-refractivity contribution in [2.75, 3.05) is 19.8 Å². The molecule has 0 spiro atoms.